The fraction of sp³-hybridized carbons (Fsp3) is 0.630. The Morgan fingerprint density at radius 3 is 1.36 bits per heavy atom. The van der Waals surface area contributed by atoms with Crippen LogP contribution in [0.3, 0.4) is 0 Å². The number of aromatic nitrogens is 2. The Morgan fingerprint density at radius 1 is 0.636 bits per heavy atom. The van der Waals surface area contributed by atoms with Crippen molar-refractivity contribution in [3.8, 4) is 0 Å². The molecule has 0 aliphatic heterocycles. The van der Waals surface area contributed by atoms with E-state index in [-0.39, 0.29) is 0 Å². The highest BCUT2D eigenvalue weighted by Crippen LogP contribution is 2.24. The van der Waals surface area contributed by atoms with Crippen LogP contribution in [-0.4, -0.2) is 12.1 Å². The summed E-state index contributed by atoms with van der Waals surface area (Å²) in [6.07, 6.45) is 25.6. The molecule has 2 aromatic rings. The Labute approximate surface area is 216 Å². The minimum Gasteiger partial charge on any atom is -0.382 e. The molecule has 33 heavy (non-hydrogen) atoms. The van der Waals surface area contributed by atoms with Crippen molar-refractivity contribution in [3.63, 3.8) is 0 Å². The van der Waals surface area contributed by atoms with Crippen molar-refractivity contribution in [3.05, 3.63) is 49.1 Å². The summed E-state index contributed by atoms with van der Waals surface area (Å²) in [7, 11) is 0. The number of nitrogens with zero attached hydrogens (tertiary/aromatic N) is 2. The van der Waals surface area contributed by atoms with Crippen molar-refractivity contribution < 1.29 is 9.13 Å². The second kappa shape index (κ2) is 13.1. The lowest BCUT2D eigenvalue weighted by atomic mass is 9.95. The molecule has 2 aliphatic rings. The molecule has 2 aliphatic carbocycles. The van der Waals surface area contributed by atoms with E-state index in [1.54, 1.807) is 0 Å². The molecule has 0 saturated heterocycles. The Balaban J connectivity index is 1.18. The number of halogens is 2. The van der Waals surface area contributed by atoms with E-state index in [1.807, 2.05) is 0 Å². The van der Waals surface area contributed by atoms with Crippen LogP contribution in [0.1, 0.15) is 93.4 Å². The monoisotopic (exact) mass is 578 g/mol. The SMILES string of the molecule is BrC(CCCC(Br)[n+]1ccc(NC2CCCCC2)cc1)[n+]1ccc(NC2CCCCC2)cc1. The number of hydrogen-bond donors (Lipinski definition) is 2. The quantitative estimate of drug-likeness (QED) is 0.227. The summed E-state index contributed by atoms with van der Waals surface area (Å²) in [6.45, 7) is 0. The second-order valence-corrected chi connectivity index (χ2v) is 11.9. The summed E-state index contributed by atoms with van der Waals surface area (Å²) < 4.78 is 4.54. The van der Waals surface area contributed by atoms with Gasteiger partial charge in [0.05, 0.1) is 0 Å². The standard InChI is InChI=1S/C27H38Br2N4/c28-26(32-18-14-24(15-19-32)30-22-8-3-1-4-9-22)12-7-13-27(29)33-20-16-25(17-21-33)31-23-10-5-2-6-11-23/h14-23,26-27H,1-13H2/p+2. The van der Waals surface area contributed by atoms with Gasteiger partial charge in [-0.25, -0.2) is 0 Å². The third-order valence-electron chi connectivity index (χ3n) is 7.19. The van der Waals surface area contributed by atoms with E-state index in [0.29, 0.717) is 22.0 Å². The second-order valence-electron chi connectivity index (χ2n) is 9.83. The van der Waals surface area contributed by atoms with E-state index < -0.39 is 0 Å². The molecule has 0 amide bonds. The minimum absolute atomic E-state index is 0.327. The molecular weight excluding hydrogens is 540 g/mol. The van der Waals surface area contributed by atoms with E-state index in [1.165, 1.54) is 75.6 Å². The first-order valence-electron chi connectivity index (χ1n) is 13.0. The van der Waals surface area contributed by atoms with Crippen molar-refractivity contribution in [2.75, 3.05) is 10.6 Å². The summed E-state index contributed by atoms with van der Waals surface area (Å²) in [5.74, 6) is 0. The van der Waals surface area contributed by atoms with Crippen molar-refractivity contribution in [1.29, 1.82) is 0 Å². The van der Waals surface area contributed by atoms with Gasteiger partial charge in [-0.05, 0) is 64.0 Å². The molecule has 180 valence electrons. The lowest BCUT2D eigenvalue weighted by molar-refractivity contribution is -0.701. The smallest absolute Gasteiger partial charge is 0.212 e. The Kier molecular flexibility index (Phi) is 9.90. The number of nitrogens with one attached hydrogen (secondary N) is 2. The third-order valence-corrected chi connectivity index (χ3v) is 9.05. The van der Waals surface area contributed by atoms with E-state index in [4.69, 9.17) is 0 Å². The normalized spacial score (nSPS) is 19.7. The first-order valence-corrected chi connectivity index (χ1v) is 14.8. The summed E-state index contributed by atoms with van der Waals surface area (Å²) in [5, 5.41) is 7.42. The van der Waals surface area contributed by atoms with Gasteiger partial charge in [0, 0.05) is 60.6 Å². The third kappa shape index (κ3) is 7.95. The van der Waals surface area contributed by atoms with Gasteiger partial charge in [0.25, 0.3) is 0 Å². The van der Waals surface area contributed by atoms with Gasteiger partial charge in [0.15, 0.2) is 24.8 Å². The fourth-order valence-corrected chi connectivity index (χ4v) is 6.35. The number of anilines is 2. The van der Waals surface area contributed by atoms with Crippen LogP contribution in [0, 0.1) is 0 Å². The molecule has 2 saturated carbocycles. The van der Waals surface area contributed by atoms with Crippen molar-refractivity contribution in [1.82, 2.24) is 0 Å². The average Bonchev–Trinajstić information content (AvgIpc) is 2.86. The lowest BCUT2D eigenvalue weighted by Gasteiger charge is -2.23. The maximum atomic E-state index is 3.88. The first-order chi connectivity index (χ1) is 16.2. The number of alkyl halides is 2. The van der Waals surface area contributed by atoms with E-state index in [9.17, 15) is 0 Å². The Hall–Kier alpha value is -1.14. The summed E-state index contributed by atoms with van der Waals surface area (Å²) in [5.41, 5.74) is 2.49. The predicted octanol–water partition coefficient (Wildman–Crippen LogP) is 7.41. The zero-order valence-corrected chi connectivity index (χ0v) is 22.9. The molecule has 4 nitrogen and oxygen atoms in total. The molecule has 2 fully saturated rings. The van der Waals surface area contributed by atoms with Gasteiger partial charge < -0.3 is 10.6 Å². The molecule has 0 bridgehead atoms. The minimum atomic E-state index is 0.327. The molecule has 2 atom stereocenters. The highest BCUT2D eigenvalue weighted by molar-refractivity contribution is 9.09. The molecule has 2 heterocycles. The lowest BCUT2D eigenvalue weighted by Crippen LogP contribution is -2.37. The number of rotatable bonds is 10. The van der Waals surface area contributed by atoms with Gasteiger partial charge in [-0.3, -0.25) is 0 Å². The molecule has 2 aromatic heterocycles. The average molecular weight is 580 g/mol. The van der Waals surface area contributed by atoms with Crippen LogP contribution in [0.25, 0.3) is 0 Å². The molecule has 4 rings (SSSR count). The Morgan fingerprint density at radius 2 is 1.00 bits per heavy atom. The molecule has 0 aromatic carbocycles. The number of pyridine rings is 2. The fourth-order valence-electron chi connectivity index (χ4n) is 5.16. The maximum absolute atomic E-state index is 3.88. The predicted molar refractivity (Wildman–Crippen MR) is 144 cm³/mol. The summed E-state index contributed by atoms with van der Waals surface area (Å²) in [6, 6.07) is 10.2. The van der Waals surface area contributed by atoms with Crippen LogP contribution in [0.5, 0.6) is 0 Å². The molecule has 2 N–H and O–H groups in total. The van der Waals surface area contributed by atoms with Gasteiger partial charge in [0.1, 0.15) is 0 Å². The van der Waals surface area contributed by atoms with Gasteiger partial charge >= 0.3 is 0 Å². The zero-order valence-electron chi connectivity index (χ0n) is 19.8. The maximum Gasteiger partial charge on any atom is 0.212 e. The summed E-state index contributed by atoms with van der Waals surface area (Å²) >= 11 is 7.77. The molecular formula is C27H40Br2N4+2. The van der Waals surface area contributed by atoms with E-state index in [0.717, 1.165) is 19.3 Å². The van der Waals surface area contributed by atoms with Crippen LogP contribution in [0.15, 0.2) is 49.1 Å². The van der Waals surface area contributed by atoms with Crippen molar-refractivity contribution in [2.45, 2.75) is 105 Å². The molecule has 0 radical (unpaired) electrons. The Bertz CT molecular complexity index is 746. The first kappa shape index (κ1) is 25.0. The van der Waals surface area contributed by atoms with Gasteiger partial charge in [-0.15, -0.1) is 0 Å². The van der Waals surface area contributed by atoms with Crippen molar-refractivity contribution >= 4 is 43.2 Å². The van der Waals surface area contributed by atoms with Gasteiger partial charge in [-0.1, -0.05) is 38.5 Å². The van der Waals surface area contributed by atoms with Crippen molar-refractivity contribution in [2.24, 2.45) is 0 Å². The molecule has 2 unspecified atom stereocenters. The molecule has 0 spiro atoms. The number of hydrogen-bond acceptors (Lipinski definition) is 2. The van der Waals surface area contributed by atoms with Crippen LogP contribution in [-0.2, 0) is 0 Å². The highest BCUT2D eigenvalue weighted by atomic mass is 79.9. The van der Waals surface area contributed by atoms with Crippen LogP contribution in [0.4, 0.5) is 11.4 Å². The van der Waals surface area contributed by atoms with Crippen LogP contribution in [0.2, 0.25) is 0 Å². The van der Waals surface area contributed by atoms with E-state index in [2.05, 4.69) is 101 Å². The summed E-state index contributed by atoms with van der Waals surface area (Å²) in [4.78, 5) is 0.654. The largest absolute Gasteiger partial charge is 0.382 e. The van der Waals surface area contributed by atoms with Crippen LogP contribution >= 0.6 is 31.9 Å². The zero-order chi connectivity index (χ0) is 22.9. The van der Waals surface area contributed by atoms with Gasteiger partial charge in [0.2, 0.25) is 9.90 Å². The highest BCUT2D eigenvalue weighted by Gasteiger charge is 2.20. The topological polar surface area (TPSA) is 31.8 Å². The van der Waals surface area contributed by atoms with Gasteiger partial charge in [-0.2, -0.15) is 9.13 Å². The molecule has 6 heteroatoms. The van der Waals surface area contributed by atoms with Crippen LogP contribution < -0.4 is 19.8 Å². The van der Waals surface area contributed by atoms with E-state index >= 15 is 0 Å².